The van der Waals surface area contributed by atoms with Crippen LogP contribution < -0.4 is 20.3 Å². The normalized spacial score (nSPS) is 22.7. The minimum absolute atomic E-state index is 0.100. The summed E-state index contributed by atoms with van der Waals surface area (Å²) in [5.41, 5.74) is 3.26. The van der Waals surface area contributed by atoms with Crippen molar-refractivity contribution in [1.29, 1.82) is 0 Å². The Morgan fingerprint density at radius 1 is 1.22 bits per heavy atom. The van der Waals surface area contributed by atoms with Crippen molar-refractivity contribution < 1.29 is 18.8 Å². The number of H-pyrrole nitrogens is 1. The number of ether oxygens (including phenoxy) is 2. The second kappa shape index (κ2) is 10.1. The molecule has 0 saturated heterocycles. The molecule has 0 radical (unpaired) electrons. The summed E-state index contributed by atoms with van der Waals surface area (Å²) in [6.07, 6.45) is 9.23. The smallest absolute Gasteiger partial charge is 0.254 e. The van der Waals surface area contributed by atoms with Crippen LogP contribution in [-0.4, -0.2) is 28.1 Å². The highest BCUT2D eigenvalue weighted by Crippen LogP contribution is 2.52. The Morgan fingerprint density at radius 2 is 1.95 bits per heavy atom. The van der Waals surface area contributed by atoms with E-state index in [1.54, 1.807) is 18.5 Å². The summed E-state index contributed by atoms with van der Waals surface area (Å²) >= 11 is 8.06. The van der Waals surface area contributed by atoms with Crippen LogP contribution in [0.15, 0.2) is 38.8 Å². The van der Waals surface area contributed by atoms with Gasteiger partial charge in [-0.1, -0.05) is 16.8 Å². The lowest BCUT2D eigenvalue weighted by molar-refractivity contribution is -0.121. The summed E-state index contributed by atoms with van der Waals surface area (Å²) in [5.74, 6) is 0.359. The van der Waals surface area contributed by atoms with Crippen molar-refractivity contribution in [2.45, 2.75) is 69.6 Å². The maximum Gasteiger partial charge on any atom is 0.254 e. The molecule has 196 valence electrons. The molecule has 2 N–H and O–H groups in total. The summed E-state index contributed by atoms with van der Waals surface area (Å²) < 4.78 is 17.8. The van der Waals surface area contributed by atoms with Crippen molar-refractivity contribution in [3.63, 3.8) is 0 Å². The third-order valence-electron chi connectivity index (χ3n) is 7.56. The van der Waals surface area contributed by atoms with Gasteiger partial charge >= 0.3 is 0 Å². The number of halogens is 1. The predicted molar refractivity (Wildman–Crippen MR) is 142 cm³/mol. The van der Waals surface area contributed by atoms with Gasteiger partial charge < -0.3 is 24.3 Å². The molecule has 2 aliphatic rings. The van der Waals surface area contributed by atoms with E-state index in [9.17, 15) is 9.59 Å². The zero-order valence-corrected chi connectivity index (χ0v) is 22.8. The Morgan fingerprint density at radius 3 is 2.62 bits per heavy atom. The van der Waals surface area contributed by atoms with Gasteiger partial charge in [0.25, 0.3) is 17.3 Å². The molecule has 1 unspecified atom stereocenters. The Kier molecular flexibility index (Phi) is 7.02. The summed E-state index contributed by atoms with van der Waals surface area (Å²) in [6.45, 7) is 5.70. The molecular formula is C27H30ClN3O5S. The monoisotopic (exact) mass is 543 g/mol. The number of aryl methyl sites for hydroxylation is 1. The Hall–Kier alpha value is -2.91. The second-order valence-corrected chi connectivity index (χ2v) is 11.2. The van der Waals surface area contributed by atoms with Crippen LogP contribution in [0.4, 0.5) is 0 Å². The van der Waals surface area contributed by atoms with Gasteiger partial charge in [-0.05, 0) is 63.8 Å². The fourth-order valence-electron chi connectivity index (χ4n) is 5.41. The van der Waals surface area contributed by atoms with E-state index in [0.717, 1.165) is 41.8 Å². The van der Waals surface area contributed by atoms with Crippen LogP contribution in [-0.2, 0) is 6.54 Å². The number of thioether (sulfide) groups is 1. The zero-order valence-electron chi connectivity index (χ0n) is 21.3. The van der Waals surface area contributed by atoms with Gasteiger partial charge in [-0.25, -0.2) is 0 Å². The number of benzene rings is 1. The van der Waals surface area contributed by atoms with E-state index in [0.29, 0.717) is 39.1 Å². The molecule has 1 fully saturated rings. The highest BCUT2D eigenvalue weighted by Gasteiger charge is 2.47. The Balaban J connectivity index is 1.31. The molecular weight excluding hydrogens is 514 g/mol. The average molecular weight is 544 g/mol. The van der Waals surface area contributed by atoms with Crippen molar-refractivity contribution in [2.75, 3.05) is 6.26 Å². The Labute approximate surface area is 224 Å². The lowest BCUT2D eigenvalue weighted by Gasteiger charge is -2.37. The molecule has 8 nitrogen and oxygen atoms in total. The molecule has 0 spiro atoms. The maximum atomic E-state index is 13.2. The van der Waals surface area contributed by atoms with Gasteiger partial charge in [-0.2, -0.15) is 0 Å². The molecule has 1 amide bonds. The predicted octanol–water partition coefficient (Wildman–Crippen LogP) is 5.75. The summed E-state index contributed by atoms with van der Waals surface area (Å²) in [4.78, 5) is 29.3. The minimum atomic E-state index is -0.867. The summed E-state index contributed by atoms with van der Waals surface area (Å²) in [5, 5.41) is 7.03. The standard InChI is InChI=1S/C27H30ClN3O5S/c1-14-9-22(37-4)20(26(33)31-14)12-29-25(32)19-10-21(28)24-23(15(19)2)35-27(3,36-24)18-7-5-16(6-8-18)17-11-30-34-13-17/h9-11,13,16,18H,5-8,12H2,1-4H3,(H,29,32)(H,31,33). The average Bonchev–Trinajstić information content (AvgIpc) is 3.54. The van der Waals surface area contributed by atoms with Gasteiger partial charge in [-0.3, -0.25) is 9.59 Å². The van der Waals surface area contributed by atoms with Crippen molar-refractivity contribution in [1.82, 2.24) is 15.5 Å². The maximum absolute atomic E-state index is 13.2. The molecule has 5 rings (SSSR count). The van der Waals surface area contributed by atoms with Gasteiger partial charge in [0.15, 0.2) is 11.5 Å². The molecule has 1 saturated carbocycles. The second-order valence-electron chi connectivity index (χ2n) is 9.93. The number of fused-ring (bicyclic) bond motifs is 1. The first-order valence-corrected chi connectivity index (χ1v) is 14.0. The first-order valence-electron chi connectivity index (χ1n) is 12.4. The third-order valence-corrected chi connectivity index (χ3v) is 8.64. The number of hydrogen-bond donors (Lipinski definition) is 2. The number of nitrogens with zero attached hydrogens (tertiary/aromatic N) is 1. The Bertz CT molecular complexity index is 1380. The van der Waals surface area contributed by atoms with E-state index in [-0.39, 0.29) is 23.9 Å². The number of carbonyl (C=O) groups excluding carboxylic acids is 1. The van der Waals surface area contributed by atoms with Gasteiger partial charge in [0.1, 0.15) is 6.26 Å². The third kappa shape index (κ3) is 4.86. The lowest BCUT2D eigenvalue weighted by Crippen LogP contribution is -2.44. The summed E-state index contributed by atoms with van der Waals surface area (Å²) in [7, 11) is 0. The molecule has 10 heteroatoms. The van der Waals surface area contributed by atoms with Crippen LogP contribution in [0.1, 0.15) is 71.3 Å². The number of amides is 1. The van der Waals surface area contributed by atoms with E-state index < -0.39 is 5.79 Å². The molecule has 2 aromatic heterocycles. The van der Waals surface area contributed by atoms with Crippen molar-refractivity contribution in [3.05, 3.63) is 67.9 Å². The minimum Gasteiger partial charge on any atom is -0.448 e. The molecule has 1 aliphatic carbocycles. The number of carbonyl (C=O) groups is 1. The molecule has 0 bridgehead atoms. The van der Waals surface area contributed by atoms with Crippen LogP contribution in [0, 0.1) is 19.8 Å². The molecule has 3 heterocycles. The van der Waals surface area contributed by atoms with Crippen LogP contribution in [0.2, 0.25) is 5.02 Å². The van der Waals surface area contributed by atoms with Crippen molar-refractivity contribution in [2.24, 2.45) is 5.92 Å². The van der Waals surface area contributed by atoms with Crippen molar-refractivity contribution in [3.8, 4) is 11.5 Å². The van der Waals surface area contributed by atoms with Crippen LogP contribution >= 0.6 is 23.4 Å². The largest absolute Gasteiger partial charge is 0.448 e. The van der Waals surface area contributed by atoms with E-state index >= 15 is 0 Å². The fraction of sp³-hybridized carbons (Fsp3) is 0.444. The fourth-order valence-corrected chi connectivity index (χ4v) is 6.35. The first-order chi connectivity index (χ1) is 17.7. The van der Waals surface area contributed by atoms with Gasteiger partial charge in [-0.15, -0.1) is 11.8 Å². The SMILES string of the molecule is CSc1cc(C)[nH]c(=O)c1CNC(=O)c1cc(Cl)c2c(c1C)OC(C)(C1CCC(c3cnoc3)CC1)O2. The van der Waals surface area contributed by atoms with E-state index in [1.807, 2.05) is 33.1 Å². The number of pyridine rings is 1. The van der Waals surface area contributed by atoms with E-state index in [2.05, 4.69) is 15.5 Å². The number of aromatic nitrogens is 2. The topological polar surface area (TPSA) is 106 Å². The number of hydrogen-bond acceptors (Lipinski definition) is 7. The van der Waals surface area contributed by atoms with Gasteiger partial charge in [0, 0.05) is 52.2 Å². The quantitative estimate of drug-likeness (QED) is 0.381. The molecule has 1 atom stereocenters. The van der Waals surface area contributed by atoms with Crippen LogP contribution in [0.3, 0.4) is 0 Å². The summed E-state index contributed by atoms with van der Waals surface area (Å²) in [6, 6.07) is 3.51. The molecule has 3 aromatic rings. The van der Waals surface area contributed by atoms with Gasteiger partial charge in [0.05, 0.1) is 11.2 Å². The molecule has 1 aliphatic heterocycles. The van der Waals surface area contributed by atoms with Crippen LogP contribution in [0.25, 0.3) is 0 Å². The zero-order chi connectivity index (χ0) is 26.3. The number of aromatic amines is 1. The first kappa shape index (κ1) is 25.7. The van der Waals surface area contributed by atoms with E-state index in [4.69, 9.17) is 25.6 Å². The van der Waals surface area contributed by atoms with Crippen LogP contribution in [0.5, 0.6) is 11.5 Å². The molecule has 1 aromatic carbocycles. The highest BCUT2D eigenvalue weighted by atomic mass is 35.5. The molecule has 37 heavy (non-hydrogen) atoms. The number of rotatable bonds is 6. The van der Waals surface area contributed by atoms with E-state index in [1.165, 1.54) is 11.8 Å². The number of nitrogens with one attached hydrogen (secondary N) is 2. The lowest BCUT2D eigenvalue weighted by atomic mass is 9.76. The van der Waals surface area contributed by atoms with Gasteiger partial charge in [0.2, 0.25) is 0 Å². The van der Waals surface area contributed by atoms with Crippen molar-refractivity contribution >= 4 is 29.3 Å². The highest BCUT2D eigenvalue weighted by molar-refractivity contribution is 7.98.